The highest BCUT2D eigenvalue weighted by Crippen LogP contribution is 2.26. The molecule has 1 N–H and O–H groups in total. The molecule has 1 aliphatic rings. The van der Waals surface area contributed by atoms with Gasteiger partial charge in [0, 0.05) is 18.5 Å². The molecule has 0 bridgehead atoms. The number of amides is 1. The third kappa shape index (κ3) is 5.31. The molecular weight excluding hydrogens is 434 g/mol. The summed E-state index contributed by atoms with van der Waals surface area (Å²) in [4.78, 5) is 24.9. The topological polar surface area (TPSA) is 93.9 Å². The van der Waals surface area contributed by atoms with Crippen LogP contribution in [0, 0.1) is 5.92 Å². The minimum absolute atomic E-state index is 0.0274. The van der Waals surface area contributed by atoms with E-state index in [1.54, 1.807) is 40.0 Å². The van der Waals surface area contributed by atoms with Crippen molar-refractivity contribution in [1.82, 2.24) is 14.7 Å². The highest BCUT2D eigenvalue weighted by Gasteiger charge is 2.25. The van der Waals surface area contributed by atoms with Gasteiger partial charge in [-0.1, -0.05) is 23.7 Å². The van der Waals surface area contributed by atoms with Gasteiger partial charge >= 0.3 is 12.1 Å². The van der Waals surface area contributed by atoms with E-state index in [4.69, 9.17) is 26.2 Å². The first-order chi connectivity index (χ1) is 15.5. The molecule has 0 unspecified atom stereocenters. The molecule has 9 heteroatoms. The van der Waals surface area contributed by atoms with Gasteiger partial charge in [-0.3, -0.25) is 9.48 Å². The van der Waals surface area contributed by atoms with Crippen molar-refractivity contribution < 1.29 is 24.2 Å². The molecule has 2 aromatic carbocycles. The number of ether oxygens (including phenoxy) is 2. The van der Waals surface area contributed by atoms with Crippen LogP contribution in [0.25, 0.3) is 10.9 Å². The zero-order valence-corrected chi connectivity index (χ0v) is 18.2. The fourth-order valence-corrected chi connectivity index (χ4v) is 3.89. The molecule has 3 aromatic rings. The summed E-state index contributed by atoms with van der Waals surface area (Å²) in [5.74, 6) is 0.604. The quantitative estimate of drug-likeness (QED) is 0.563. The van der Waals surface area contributed by atoms with E-state index < -0.39 is 5.97 Å². The predicted molar refractivity (Wildman–Crippen MR) is 119 cm³/mol. The van der Waals surface area contributed by atoms with Crippen molar-refractivity contribution in [1.29, 1.82) is 0 Å². The van der Waals surface area contributed by atoms with Gasteiger partial charge in [-0.15, -0.1) is 0 Å². The number of likely N-dealkylation sites (tertiary alicyclic amines) is 1. The summed E-state index contributed by atoms with van der Waals surface area (Å²) in [6, 6.07) is 12.6. The van der Waals surface area contributed by atoms with Crippen LogP contribution in [0.3, 0.4) is 0 Å². The number of hydrogen-bond donors (Lipinski definition) is 1. The zero-order chi connectivity index (χ0) is 22.5. The van der Waals surface area contributed by atoms with Gasteiger partial charge in [0.25, 0.3) is 0 Å². The normalized spacial score (nSPS) is 14.5. The Morgan fingerprint density at radius 3 is 2.69 bits per heavy atom. The molecule has 1 aliphatic heterocycles. The van der Waals surface area contributed by atoms with Crippen LogP contribution in [-0.4, -0.2) is 51.5 Å². The van der Waals surface area contributed by atoms with E-state index in [0.29, 0.717) is 42.9 Å². The van der Waals surface area contributed by atoms with Gasteiger partial charge in [-0.2, -0.15) is 5.10 Å². The van der Waals surface area contributed by atoms with Crippen LogP contribution < -0.4 is 9.47 Å². The molecule has 0 spiro atoms. The van der Waals surface area contributed by atoms with Crippen molar-refractivity contribution in [3.05, 3.63) is 53.7 Å². The molecule has 0 aliphatic carbocycles. The van der Waals surface area contributed by atoms with E-state index in [2.05, 4.69) is 5.10 Å². The number of carbonyl (C=O) groups excluding carboxylic acids is 1. The number of aryl methyl sites for hydroxylation is 1. The maximum absolute atomic E-state index is 12.4. The van der Waals surface area contributed by atoms with Gasteiger partial charge in [0.1, 0.15) is 5.75 Å². The lowest BCUT2D eigenvalue weighted by Gasteiger charge is -2.31. The molecule has 168 valence electrons. The molecule has 1 saturated heterocycles. The predicted octanol–water partition coefficient (Wildman–Crippen LogP) is 4.45. The fourth-order valence-electron chi connectivity index (χ4n) is 3.72. The molecule has 0 saturated carbocycles. The number of hydrogen-bond acceptors (Lipinski definition) is 5. The van der Waals surface area contributed by atoms with Crippen LogP contribution >= 0.6 is 11.6 Å². The van der Waals surface area contributed by atoms with Crippen molar-refractivity contribution in [3.63, 3.8) is 0 Å². The summed E-state index contributed by atoms with van der Waals surface area (Å²) >= 11 is 6.05. The lowest BCUT2D eigenvalue weighted by atomic mass is 9.98. The summed E-state index contributed by atoms with van der Waals surface area (Å²) in [5.41, 5.74) is 0.879. The van der Waals surface area contributed by atoms with Crippen LogP contribution in [0.1, 0.15) is 19.3 Å². The van der Waals surface area contributed by atoms with Crippen LogP contribution in [0.5, 0.6) is 11.5 Å². The average Bonchev–Trinajstić information content (AvgIpc) is 3.20. The number of aliphatic carboxylic acids is 1. The lowest BCUT2D eigenvalue weighted by Crippen LogP contribution is -2.41. The van der Waals surface area contributed by atoms with Crippen molar-refractivity contribution in [2.75, 3.05) is 19.7 Å². The number of rotatable bonds is 7. The Balaban J connectivity index is 1.26. The first kappa shape index (κ1) is 22.0. The highest BCUT2D eigenvalue weighted by molar-refractivity contribution is 6.32. The third-order valence-corrected chi connectivity index (χ3v) is 5.86. The minimum Gasteiger partial charge on any atom is -0.493 e. The molecular formula is C23H24ClN3O5. The summed E-state index contributed by atoms with van der Waals surface area (Å²) in [6.07, 6.45) is 3.01. The molecule has 0 radical (unpaired) electrons. The van der Waals surface area contributed by atoms with Crippen LogP contribution in [0.15, 0.2) is 48.7 Å². The van der Waals surface area contributed by atoms with Crippen LogP contribution in [0.4, 0.5) is 4.79 Å². The van der Waals surface area contributed by atoms with Gasteiger partial charge in [0.2, 0.25) is 0 Å². The Labute approximate surface area is 190 Å². The summed E-state index contributed by atoms with van der Waals surface area (Å²) < 4.78 is 13.1. The number of carboxylic acids is 1. The Kier molecular flexibility index (Phi) is 6.80. The number of carboxylic acid groups (broad SMARTS) is 1. The van der Waals surface area contributed by atoms with Gasteiger partial charge in [0.05, 0.1) is 36.3 Å². The van der Waals surface area contributed by atoms with E-state index in [1.165, 1.54) is 0 Å². The van der Waals surface area contributed by atoms with Crippen molar-refractivity contribution in [2.24, 2.45) is 5.92 Å². The maximum atomic E-state index is 12.4. The number of carbonyl (C=O) groups is 2. The summed E-state index contributed by atoms with van der Waals surface area (Å²) in [7, 11) is 0. The third-order valence-electron chi connectivity index (χ3n) is 5.54. The molecule has 1 amide bonds. The maximum Gasteiger partial charge on any atom is 0.415 e. The number of aromatic nitrogens is 2. The second-order valence-electron chi connectivity index (χ2n) is 7.77. The molecule has 4 rings (SSSR count). The van der Waals surface area contributed by atoms with E-state index >= 15 is 0 Å². The minimum atomic E-state index is -0.850. The first-order valence-electron chi connectivity index (χ1n) is 10.5. The van der Waals surface area contributed by atoms with E-state index in [-0.39, 0.29) is 12.5 Å². The van der Waals surface area contributed by atoms with E-state index in [9.17, 15) is 9.59 Å². The summed E-state index contributed by atoms with van der Waals surface area (Å²) in [6.45, 7) is 2.10. The SMILES string of the molecule is O=C(O)CCn1ncc2cc(OCC3CCN(C(=O)Oc4ccccc4Cl)CC3)ccc21. The van der Waals surface area contributed by atoms with Crippen molar-refractivity contribution >= 4 is 34.6 Å². The monoisotopic (exact) mass is 457 g/mol. The Morgan fingerprint density at radius 2 is 1.94 bits per heavy atom. The molecule has 2 heterocycles. The second kappa shape index (κ2) is 9.91. The lowest BCUT2D eigenvalue weighted by molar-refractivity contribution is -0.137. The van der Waals surface area contributed by atoms with E-state index in [1.807, 2.05) is 18.2 Å². The largest absolute Gasteiger partial charge is 0.493 e. The number of nitrogens with zero attached hydrogens (tertiary/aromatic N) is 3. The Morgan fingerprint density at radius 1 is 1.16 bits per heavy atom. The Hall–Kier alpha value is -3.26. The molecule has 1 aromatic heterocycles. The second-order valence-corrected chi connectivity index (χ2v) is 8.18. The van der Waals surface area contributed by atoms with Crippen LogP contribution in [0.2, 0.25) is 5.02 Å². The number of piperidine rings is 1. The molecule has 32 heavy (non-hydrogen) atoms. The number of benzene rings is 2. The number of fused-ring (bicyclic) bond motifs is 1. The molecule has 0 atom stereocenters. The van der Waals surface area contributed by atoms with Crippen LogP contribution in [-0.2, 0) is 11.3 Å². The van der Waals surface area contributed by atoms with Crippen molar-refractivity contribution in [2.45, 2.75) is 25.8 Å². The van der Waals surface area contributed by atoms with Crippen molar-refractivity contribution in [3.8, 4) is 11.5 Å². The van der Waals surface area contributed by atoms with Gasteiger partial charge < -0.3 is 19.5 Å². The highest BCUT2D eigenvalue weighted by atomic mass is 35.5. The van der Waals surface area contributed by atoms with Gasteiger partial charge in [-0.05, 0) is 49.1 Å². The number of halogens is 1. The van der Waals surface area contributed by atoms with Gasteiger partial charge in [-0.25, -0.2) is 4.79 Å². The first-order valence-corrected chi connectivity index (χ1v) is 10.9. The number of para-hydroxylation sites is 1. The smallest absolute Gasteiger partial charge is 0.415 e. The zero-order valence-electron chi connectivity index (χ0n) is 17.4. The Bertz CT molecular complexity index is 1110. The molecule has 1 fully saturated rings. The fraction of sp³-hybridized carbons (Fsp3) is 0.348. The standard InChI is InChI=1S/C23H24ClN3O5/c24-19-3-1-2-4-21(19)32-23(30)26-10-7-16(8-11-26)15-31-18-5-6-20-17(13-18)14-25-27(20)12-9-22(28)29/h1-6,13-14,16H,7-12,15H2,(H,28,29). The summed E-state index contributed by atoms with van der Waals surface area (Å²) in [5, 5.41) is 14.4. The average molecular weight is 458 g/mol. The van der Waals surface area contributed by atoms with Gasteiger partial charge in [0.15, 0.2) is 5.75 Å². The van der Waals surface area contributed by atoms with E-state index in [0.717, 1.165) is 29.5 Å². The molecule has 8 nitrogen and oxygen atoms in total.